The number of hydrogen-bond donors (Lipinski definition) is 0. The average Bonchev–Trinajstić information content (AvgIpc) is 2.49. The second kappa shape index (κ2) is 3.71. The van der Waals surface area contributed by atoms with Crippen molar-refractivity contribution in [3.05, 3.63) is 41.5 Å². The fraction of sp³-hybridized carbons (Fsp3) is 0.333. The van der Waals surface area contributed by atoms with E-state index in [-0.39, 0.29) is 0 Å². The van der Waals surface area contributed by atoms with Gasteiger partial charge in [0.05, 0.1) is 0 Å². The summed E-state index contributed by atoms with van der Waals surface area (Å²) in [7, 11) is 0. The molecule has 0 bridgehead atoms. The third-order valence-corrected chi connectivity index (χ3v) is 10.5. The van der Waals surface area contributed by atoms with E-state index >= 15 is 0 Å². The van der Waals surface area contributed by atoms with E-state index < -0.39 is 14.3 Å². The summed E-state index contributed by atoms with van der Waals surface area (Å²) in [4.78, 5) is 0. The Morgan fingerprint density at radius 3 is 2.00 bits per heavy atom. The third-order valence-electron chi connectivity index (χ3n) is 3.10. The van der Waals surface area contributed by atoms with Crippen LogP contribution in [0.5, 0.6) is 0 Å². The van der Waals surface area contributed by atoms with E-state index in [9.17, 15) is 0 Å². The topological polar surface area (TPSA) is 0 Å². The van der Waals surface area contributed by atoms with Crippen LogP contribution < -0.4 is 4.40 Å². The summed E-state index contributed by atoms with van der Waals surface area (Å²) in [6.07, 6.45) is 0. The Labute approximate surface area is 84.8 Å². The fourth-order valence-corrected chi connectivity index (χ4v) is 9.58. The summed E-state index contributed by atoms with van der Waals surface area (Å²) in [6, 6.07) is 11.1. The molecular weight excluding hydrogens is 217 g/mol. The van der Waals surface area contributed by atoms with Gasteiger partial charge in [-0.15, -0.1) is 0 Å². The zero-order chi connectivity index (χ0) is 9.26. The van der Waals surface area contributed by atoms with Gasteiger partial charge in [0.25, 0.3) is 0 Å². The zero-order valence-corrected chi connectivity index (χ0v) is 10.8. The quantitative estimate of drug-likeness (QED) is 0.516. The Bertz CT molecular complexity index is 310. The van der Waals surface area contributed by atoms with Crippen molar-refractivity contribution in [1.82, 2.24) is 0 Å². The first kappa shape index (κ1) is 9.07. The number of rotatable bonds is 1. The second-order valence-electron chi connectivity index (χ2n) is 4.08. The van der Waals surface area contributed by atoms with Crippen LogP contribution in [0, 0.1) is 0 Å². The van der Waals surface area contributed by atoms with Gasteiger partial charge >= 0.3 is 84.6 Å². The summed E-state index contributed by atoms with van der Waals surface area (Å²) in [5, 5.41) is 2.89. The molecule has 2 rings (SSSR count). The van der Waals surface area contributed by atoms with E-state index in [1.54, 1.807) is 15.5 Å². The average molecular weight is 233 g/mol. The van der Waals surface area contributed by atoms with Gasteiger partial charge in [-0.1, -0.05) is 0 Å². The summed E-state index contributed by atoms with van der Waals surface area (Å²) in [5.41, 5.74) is 3.35. The number of allylic oxidation sites excluding steroid dienone is 2. The summed E-state index contributed by atoms with van der Waals surface area (Å²) in [6.45, 7) is 4.62. The van der Waals surface area contributed by atoms with Crippen LogP contribution in [-0.2, 0) is 0 Å². The van der Waals surface area contributed by atoms with Crippen LogP contribution in [0.2, 0.25) is 10.5 Å². The van der Waals surface area contributed by atoms with Crippen molar-refractivity contribution >= 4 is 18.7 Å². The van der Waals surface area contributed by atoms with Gasteiger partial charge in [-0.3, -0.25) is 0 Å². The summed E-state index contributed by atoms with van der Waals surface area (Å²) in [5.74, 6) is 0. The summed E-state index contributed by atoms with van der Waals surface area (Å²) >= 11 is -1.11. The molecule has 1 aromatic rings. The second-order valence-corrected chi connectivity index (χ2v) is 10.1. The van der Waals surface area contributed by atoms with E-state index in [1.807, 2.05) is 0 Å². The van der Waals surface area contributed by atoms with E-state index in [0.29, 0.717) is 0 Å². The first-order valence-corrected chi connectivity index (χ1v) is 9.61. The van der Waals surface area contributed by atoms with Gasteiger partial charge in [0.1, 0.15) is 0 Å². The van der Waals surface area contributed by atoms with Crippen molar-refractivity contribution in [2.24, 2.45) is 0 Å². The molecule has 0 radical (unpaired) electrons. The molecule has 0 fully saturated rings. The molecule has 1 aliphatic heterocycles. The molecule has 1 heterocycles. The van der Waals surface area contributed by atoms with Crippen molar-refractivity contribution < 1.29 is 0 Å². The molecule has 0 saturated heterocycles. The van der Waals surface area contributed by atoms with E-state index in [2.05, 4.69) is 44.2 Å². The molecule has 0 N–H and O–H groups in total. The van der Waals surface area contributed by atoms with E-state index in [4.69, 9.17) is 0 Å². The molecule has 1 heteroatoms. The molecule has 0 amide bonds. The molecule has 1 aliphatic rings. The first-order valence-electron chi connectivity index (χ1n) is 4.97. The zero-order valence-electron chi connectivity index (χ0n) is 8.38. The fourth-order valence-electron chi connectivity index (χ4n) is 2.12. The van der Waals surface area contributed by atoms with Gasteiger partial charge in [0.2, 0.25) is 0 Å². The predicted molar refractivity (Wildman–Crippen MR) is 61.2 cm³/mol. The van der Waals surface area contributed by atoms with Crippen LogP contribution in [-0.4, -0.2) is 14.3 Å². The molecule has 0 spiro atoms. The van der Waals surface area contributed by atoms with Gasteiger partial charge in [-0.05, 0) is 0 Å². The van der Waals surface area contributed by atoms with Gasteiger partial charge in [-0.25, -0.2) is 0 Å². The molecule has 0 saturated carbocycles. The van der Waals surface area contributed by atoms with Gasteiger partial charge in [-0.2, -0.15) is 0 Å². The van der Waals surface area contributed by atoms with Crippen molar-refractivity contribution in [3.8, 4) is 0 Å². The van der Waals surface area contributed by atoms with Crippen molar-refractivity contribution in [2.45, 2.75) is 24.4 Å². The van der Waals surface area contributed by atoms with Crippen LogP contribution in [0.3, 0.4) is 0 Å². The third kappa shape index (κ3) is 1.88. The first-order chi connectivity index (χ1) is 6.27. The number of hydrogen-bond acceptors (Lipinski definition) is 0. The molecule has 0 aromatic heterocycles. The van der Waals surface area contributed by atoms with Crippen LogP contribution in [0.4, 0.5) is 0 Å². The standard InChI is InChI=1S/C12H16Ge/c1-10-8-13(9-11(10)2)12-6-4-3-5-7-12/h3-7,13H,8-9H2,1-2H3. The molecule has 1 aromatic carbocycles. The Morgan fingerprint density at radius 1 is 0.923 bits per heavy atom. The molecule has 0 unspecified atom stereocenters. The van der Waals surface area contributed by atoms with Crippen molar-refractivity contribution in [1.29, 1.82) is 0 Å². The molecule has 0 aliphatic carbocycles. The minimum absolute atomic E-state index is 1.11. The van der Waals surface area contributed by atoms with E-state index in [1.165, 1.54) is 10.5 Å². The summed E-state index contributed by atoms with van der Waals surface area (Å²) < 4.78 is 1.69. The predicted octanol–water partition coefficient (Wildman–Crippen LogP) is 2.47. The van der Waals surface area contributed by atoms with Crippen LogP contribution in [0.25, 0.3) is 0 Å². The molecular formula is C12H16Ge. The SMILES string of the molecule is CC1=C(C)[CH2][GeH]([c]2ccccc2)[CH2]1. The Hall–Kier alpha value is -0.497. The normalized spacial score (nSPS) is 18.3. The van der Waals surface area contributed by atoms with Crippen molar-refractivity contribution in [3.63, 3.8) is 0 Å². The van der Waals surface area contributed by atoms with E-state index in [0.717, 1.165) is 0 Å². The maximum atomic E-state index is 2.33. The van der Waals surface area contributed by atoms with Gasteiger partial charge in [0, 0.05) is 0 Å². The Kier molecular flexibility index (Phi) is 2.59. The number of benzene rings is 1. The Morgan fingerprint density at radius 2 is 1.46 bits per heavy atom. The van der Waals surface area contributed by atoms with Crippen LogP contribution in [0.15, 0.2) is 41.5 Å². The molecule has 0 nitrogen and oxygen atoms in total. The van der Waals surface area contributed by atoms with Gasteiger partial charge in [0.15, 0.2) is 0 Å². The van der Waals surface area contributed by atoms with Crippen molar-refractivity contribution in [2.75, 3.05) is 0 Å². The Balaban J connectivity index is 2.16. The minimum atomic E-state index is -1.11. The monoisotopic (exact) mass is 234 g/mol. The van der Waals surface area contributed by atoms with Gasteiger partial charge < -0.3 is 0 Å². The molecule has 68 valence electrons. The molecule has 0 atom stereocenters. The van der Waals surface area contributed by atoms with Crippen LogP contribution in [0.1, 0.15) is 13.8 Å². The molecule has 13 heavy (non-hydrogen) atoms. The maximum absolute atomic E-state index is 2.33. The van der Waals surface area contributed by atoms with Crippen LogP contribution >= 0.6 is 0 Å².